The van der Waals surface area contributed by atoms with Crippen LogP contribution >= 0.6 is 0 Å². The quantitative estimate of drug-likeness (QED) is 0.732. The van der Waals surface area contributed by atoms with Crippen molar-refractivity contribution in [2.24, 2.45) is 0 Å². The number of nitrogens with zero attached hydrogens (tertiary/aromatic N) is 2. The minimum atomic E-state index is -0.350. The fourth-order valence-electron chi connectivity index (χ4n) is 1.15. The van der Waals surface area contributed by atoms with Gasteiger partial charge in [-0.1, -0.05) is 5.16 Å². The second kappa shape index (κ2) is 5.45. The summed E-state index contributed by atoms with van der Waals surface area (Å²) >= 11 is 0. The number of nitrogens with one attached hydrogen (secondary N) is 1. The average molecular weight is 213 g/mol. The molecule has 2 N–H and O–H groups in total. The molecular formula is C9H15N3O3. The molecule has 15 heavy (non-hydrogen) atoms. The van der Waals surface area contributed by atoms with Gasteiger partial charge in [0.2, 0.25) is 5.89 Å². The molecule has 1 heterocycles. The normalized spacial score (nSPS) is 12.5. The minimum Gasteiger partial charge on any atom is -0.396 e. The Kier molecular flexibility index (Phi) is 4.23. The molecule has 1 amide bonds. The van der Waals surface area contributed by atoms with Gasteiger partial charge in [-0.05, 0) is 19.8 Å². The fourth-order valence-corrected chi connectivity index (χ4v) is 1.15. The van der Waals surface area contributed by atoms with Crippen LogP contribution in [0, 0.1) is 6.92 Å². The molecule has 1 aromatic rings. The summed E-state index contributed by atoms with van der Waals surface area (Å²) in [5, 5.41) is 14.8. The third-order valence-electron chi connectivity index (χ3n) is 1.90. The minimum absolute atomic E-state index is 0.0107. The zero-order chi connectivity index (χ0) is 11.3. The van der Waals surface area contributed by atoms with E-state index in [1.165, 1.54) is 0 Å². The lowest BCUT2D eigenvalue weighted by molar-refractivity contribution is 0.0923. The zero-order valence-corrected chi connectivity index (χ0v) is 8.86. The Morgan fingerprint density at radius 1 is 1.67 bits per heavy atom. The molecule has 0 aliphatic heterocycles. The predicted molar refractivity (Wildman–Crippen MR) is 52.3 cm³/mol. The van der Waals surface area contributed by atoms with Gasteiger partial charge >= 0.3 is 0 Å². The summed E-state index contributed by atoms with van der Waals surface area (Å²) in [6, 6.07) is -0.0107. The van der Waals surface area contributed by atoms with E-state index in [0.717, 1.165) is 6.42 Å². The molecule has 1 rings (SSSR count). The van der Waals surface area contributed by atoms with E-state index in [9.17, 15) is 4.79 Å². The van der Waals surface area contributed by atoms with Crippen molar-refractivity contribution in [3.05, 3.63) is 11.7 Å². The molecule has 0 fully saturated rings. The largest absolute Gasteiger partial charge is 0.396 e. The zero-order valence-electron chi connectivity index (χ0n) is 8.86. The maximum atomic E-state index is 11.5. The molecule has 0 aromatic carbocycles. The first kappa shape index (κ1) is 11.6. The van der Waals surface area contributed by atoms with E-state index in [1.807, 2.05) is 6.92 Å². The van der Waals surface area contributed by atoms with Gasteiger partial charge in [-0.25, -0.2) is 0 Å². The molecule has 0 aliphatic carbocycles. The standard InChI is InChI=1S/C9H15N3O3/c1-6(4-3-5-13)10-9(14)8-11-7(2)15-12-8/h6,13H,3-5H2,1-2H3,(H,10,14). The molecule has 0 spiro atoms. The molecular weight excluding hydrogens is 198 g/mol. The highest BCUT2D eigenvalue weighted by Gasteiger charge is 2.14. The average Bonchev–Trinajstić information content (AvgIpc) is 2.61. The molecule has 6 heteroatoms. The number of aryl methyl sites for hydroxylation is 1. The Labute approximate surface area is 87.7 Å². The van der Waals surface area contributed by atoms with E-state index >= 15 is 0 Å². The van der Waals surface area contributed by atoms with Crippen LogP contribution in [0.3, 0.4) is 0 Å². The molecule has 0 bridgehead atoms. The molecule has 0 saturated carbocycles. The molecule has 6 nitrogen and oxygen atoms in total. The Hall–Kier alpha value is -1.43. The first-order valence-corrected chi connectivity index (χ1v) is 4.85. The number of hydrogen-bond acceptors (Lipinski definition) is 5. The third kappa shape index (κ3) is 3.67. The van der Waals surface area contributed by atoms with Crippen molar-refractivity contribution in [2.75, 3.05) is 6.61 Å². The highest BCUT2D eigenvalue weighted by atomic mass is 16.5. The van der Waals surface area contributed by atoms with Crippen molar-refractivity contribution in [3.8, 4) is 0 Å². The van der Waals surface area contributed by atoms with Gasteiger partial charge < -0.3 is 14.9 Å². The summed E-state index contributed by atoms with van der Waals surface area (Å²) in [5.41, 5.74) is 0. The number of aromatic nitrogens is 2. The first-order chi connectivity index (χ1) is 7.13. The van der Waals surface area contributed by atoms with E-state index in [0.29, 0.717) is 12.3 Å². The fraction of sp³-hybridized carbons (Fsp3) is 0.667. The van der Waals surface area contributed by atoms with Gasteiger partial charge in [-0.15, -0.1) is 0 Å². The Morgan fingerprint density at radius 2 is 2.40 bits per heavy atom. The van der Waals surface area contributed by atoms with Crippen molar-refractivity contribution in [2.45, 2.75) is 32.7 Å². The molecule has 0 saturated heterocycles. The highest BCUT2D eigenvalue weighted by Crippen LogP contribution is 1.99. The summed E-state index contributed by atoms with van der Waals surface area (Å²) in [6.07, 6.45) is 1.38. The van der Waals surface area contributed by atoms with Gasteiger partial charge in [-0.3, -0.25) is 4.79 Å². The molecule has 1 aromatic heterocycles. The summed E-state index contributed by atoms with van der Waals surface area (Å²) in [4.78, 5) is 15.3. The Bertz CT molecular complexity index is 324. The maximum Gasteiger partial charge on any atom is 0.292 e. The summed E-state index contributed by atoms with van der Waals surface area (Å²) in [6.45, 7) is 3.61. The number of aliphatic hydroxyl groups excluding tert-OH is 1. The highest BCUT2D eigenvalue weighted by molar-refractivity contribution is 5.90. The van der Waals surface area contributed by atoms with E-state index in [2.05, 4.69) is 20.0 Å². The smallest absolute Gasteiger partial charge is 0.292 e. The van der Waals surface area contributed by atoms with Crippen molar-refractivity contribution in [1.29, 1.82) is 0 Å². The first-order valence-electron chi connectivity index (χ1n) is 4.85. The van der Waals surface area contributed by atoms with E-state index < -0.39 is 0 Å². The van der Waals surface area contributed by atoms with Crippen LogP contribution in [0.5, 0.6) is 0 Å². The lowest BCUT2D eigenvalue weighted by Gasteiger charge is -2.10. The van der Waals surface area contributed by atoms with Crippen molar-refractivity contribution in [1.82, 2.24) is 15.5 Å². The number of hydrogen-bond donors (Lipinski definition) is 2. The Balaban J connectivity index is 2.42. The third-order valence-corrected chi connectivity index (χ3v) is 1.90. The molecule has 1 atom stereocenters. The topological polar surface area (TPSA) is 88.2 Å². The van der Waals surface area contributed by atoms with Gasteiger partial charge in [0, 0.05) is 19.6 Å². The van der Waals surface area contributed by atoms with Crippen molar-refractivity contribution >= 4 is 5.91 Å². The lowest BCUT2D eigenvalue weighted by Crippen LogP contribution is -2.33. The van der Waals surface area contributed by atoms with Crippen molar-refractivity contribution < 1.29 is 14.4 Å². The maximum absolute atomic E-state index is 11.5. The van der Waals surface area contributed by atoms with E-state index in [4.69, 9.17) is 5.11 Å². The second-order valence-corrected chi connectivity index (χ2v) is 3.38. The van der Waals surface area contributed by atoms with Crippen LogP contribution in [-0.2, 0) is 0 Å². The van der Waals surface area contributed by atoms with Crippen LogP contribution < -0.4 is 5.32 Å². The molecule has 84 valence electrons. The van der Waals surface area contributed by atoms with E-state index in [-0.39, 0.29) is 24.4 Å². The summed E-state index contributed by atoms with van der Waals surface area (Å²) in [5.74, 6) is 0.0591. The van der Waals surface area contributed by atoms with Gasteiger partial charge in [-0.2, -0.15) is 4.98 Å². The Morgan fingerprint density at radius 3 is 2.93 bits per heavy atom. The molecule has 1 unspecified atom stereocenters. The van der Waals surface area contributed by atoms with Crippen LogP contribution in [-0.4, -0.2) is 33.8 Å². The number of carbonyl (C=O) groups excluding carboxylic acids is 1. The van der Waals surface area contributed by atoms with Gasteiger partial charge in [0.25, 0.3) is 11.7 Å². The number of amides is 1. The number of aliphatic hydroxyl groups is 1. The van der Waals surface area contributed by atoms with Crippen LogP contribution in [0.4, 0.5) is 0 Å². The second-order valence-electron chi connectivity index (χ2n) is 3.38. The van der Waals surface area contributed by atoms with Gasteiger partial charge in [0.05, 0.1) is 0 Å². The lowest BCUT2D eigenvalue weighted by atomic mass is 10.2. The van der Waals surface area contributed by atoms with Crippen LogP contribution in [0.1, 0.15) is 36.3 Å². The molecule has 0 radical (unpaired) electrons. The predicted octanol–water partition coefficient (Wildman–Crippen LogP) is 0.269. The number of rotatable bonds is 5. The van der Waals surface area contributed by atoms with Gasteiger partial charge in [0.1, 0.15) is 0 Å². The van der Waals surface area contributed by atoms with Crippen LogP contribution in [0.15, 0.2) is 4.52 Å². The summed E-state index contributed by atoms with van der Waals surface area (Å²) in [7, 11) is 0. The number of carbonyl (C=O) groups is 1. The SMILES string of the molecule is Cc1nc(C(=O)NC(C)CCCO)no1. The monoisotopic (exact) mass is 213 g/mol. The summed E-state index contributed by atoms with van der Waals surface area (Å²) < 4.78 is 4.69. The van der Waals surface area contributed by atoms with Crippen LogP contribution in [0.25, 0.3) is 0 Å². The molecule has 0 aliphatic rings. The van der Waals surface area contributed by atoms with Crippen LogP contribution in [0.2, 0.25) is 0 Å². The van der Waals surface area contributed by atoms with E-state index in [1.54, 1.807) is 6.92 Å². The van der Waals surface area contributed by atoms with Crippen molar-refractivity contribution in [3.63, 3.8) is 0 Å². The van der Waals surface area contributed by atoms with Gasteiger partial charge in [0.15, 0.2) is 0 Å².